The molecule has 1 aromatic heterocycles. The van der Waals surface area contributed by atoms with Crippen LogP contribution in [0.5, 0.6) is 0 Å². The van der Waals surface area contributed by atoms with Gasteiger partial charge in [0, 0.05) is 38.0 Å². The molecule has 2 aliphatic rings. The SMILES string of the molecule is CC(C(=O)N1CCC(c2ccc(S(=O)(=O)Nc3ccncn3)cc2)CC1)N1CCCc2cc(Cl)ccc21.[HH]. The summed E-state index contributed by atoms with van der Waals surface area (Å²) in [5.41, 5.74) is 3.40. The van der Waals surface area contributed by atoms with Gasteiger partial charge in [-0.2, -0.15) is 0 Å². The summed E-state index contributed by atoms with van der Waals surface area (Å²) in [5, 5.41) is 0.731. The second kappa shape index (κ2) is 10.7. The molecule has 1 atom stereocenters. The van der Waals surface area contributed by atoms with Gasteiger partial charge in [0.25, 0.3) is 10.0 Å². The zero-order chi connectivity index (χ0) is 26.0. The first-order valence-electron chi connectivity index (χ1n) is 12.5. The predicted octanol–water partition coefficient (Wildman–Crippen LogP) is 4.72. The molecule has 8 nitrogen and oxygen atoms in total. The number of aromatic nitrogens is 2. The Morgan fingerprint density at radius 1 is 1.11 bits per heavy atom. The van der Waals surface area contributed by atoms with Crippen LogP contribution in [0.15, 0.2) is 66.0 Å². The van der Waals surface area contributed by atoms with Gasteiger partial charge in [-0.1, -0.05) is 23.7 Å². The number of nitrogens with one attached hydrogen (secondary N) is 1. The number of hydrogen-bond donors (Lipinski definition) is 1. The summed E-state index contributed by atoms with van der Waals surface area (Å²) in [5.74, 6) is 0.657. The molecule has 5 rings (SSSR count). The van der Waals surface area contributed by atoms with Gasteiger partial charge in [-0.25, -0.2) is 18.4 Å². The molecule has 1 fully saturated rings. The van der Waals surface area contributed by atoms with Crippen molar-refractivity contribution in [2.45, 2.75) is 49.5 Å². The summed E-state index contributed by atoms with van der Waals surface area (Å²) >= 11 is 6.18. The van der Waals surface area contributed by atoms with Crippen LogP contribution < -0.4 is 9.62 Å². The fourth-order valence-corrected chi connectivity index (χ4v) is 6.50. The lowest BCUT2D eigenvalue weighted by atomic mass is 9.89. The third kappa shape index (κ3) is 5.57. The lowest BCUT2D eigenvalue weighted by Gasteiger charge is -2.40. The van der Waals surface area contributed by atoms with E-state index < -0.39 is 10.0 Å². The average Bonchev–Trinajstić information content (AvgIpc) is 2.92. The van der Waals surface area contributed by atoms with Crippen molar-refractivity contribution in [3.8, 4) is 0 Å². The fourth-order valence-electron chi connectivity index (χ4n) is 5.29. The molecule has 3 heterocycles. The zero-order valence-corrected chi connectivity index (χ0v) is 22.3. The van der Waals surface area contributed by atoms with E-state index in [0.717, 1.165) is 48.5 Å². The number of benzene rings is 2. The quantitative estimate of drug-likeness (QED) is 0.485. The summed E-state index contributed by atoms with van der Waals surface area (Å²) in [7, 11) is -3.73. The van der Waals surface area contributed by atoms with Gasteiger partial charge in [-0.3, -0.25) is 9.52 Å². The van der Waals surface area contributed by atoms with Gasteiger partial charge in [0.2, 0.25) is 5.91 Å². The maximum atomic E-state index is 13.4. The van der Waals surface area contributed by atoms with Gasteiger partial charge in [0.05, 0.1) is 4.90 Å². The normalized spacial score (nSPS) is 17.2. The summed E-state index contributed by atoms with van der Waals surface area (Å²) < 4.78 is 27.8. The maximum absolute atomic E-state index is 13.4. The number of fused-ring (bicyclic) bond motifs is 1. The Morgan fingerprint density at radius 3 is 2.57 bits per heavy atom. The molecule has 2 aliphatic heterocycles. The molecule has 1 N–H and O–H groups in total. The highest BCUT2D eigenvalue weighted by molar-refractivity contribution is 7.92. The molecule has 0 saturated carbocycles. The van der Waals surface area contributed by atoms with Crippen molar-refractivity contribution in [2.75, 3.05) is 29.3 Å². The highest BCUT2D eigenvalue weighted by Gasteiger charge is 2.32. The van der Waals surface area contributed by atoms with E-state index >= 15 is 0 Å². The minimum atomic E-state index is -3.73. The molecular weight excluding hydrogens is 510 g/mol. The molecule has 0 radical (unpaired) electrons. The third-order valence-electron chi connectivity index (χ3n) is 7.31. The molecule has 10 heteroatoms. The minimum absolute atomic E-state index is 0. The molecule has 1 amide bonds. The molecule has 1 saturated heterocycles. The van der Waals surface area contributed by atoms with Crippen LogP contribution >= 0.6 is 11.6 Å². The Balaban J connectivity index is 0.00000336. The fraction of sp³-hybridized carbons (Fsp3) is 0.370. The van der Waals surface area contributed by atoms with Crippen LogP contribution in [0.3, 0.4) is 0 Å². The average molecular weight is 542 g/mol. The van der Waals surface area contributed by atoms with E-state index in [0.29, 0.717) is 13.1 Å². The molecule has 2 aromatic carbocycles. The van der Waals surface area contributed by atoms with Gasteiger partial charge in [0.1, 0.15) is 18.2 Å². The smallest absolute Gasteiger partial charge is 0.263 e. The molecule has 3 aromatic rings. The second-order valence-electron chi connectivity index (χ2n) is 9.61. The zero-order valence-electron chi connectivity index (χ0n) is 20.7. The summed E-state index contributed by atoms with van der Waals surface area (Å²) in [4.78, 5) is 25.5. The molecule has 0 spiro atoms. The first kappa shape index (κ1) is 25.5. The highest BCUT2D eigenvalue weighted by Crippen LogP contribution is 2.33. The van der Waals surface area contributed by atoms with Gasteiger partial charge < -0.3 is 9.80 Å². The number of halogens is 1. The van der Waals surface area contributed by atoms with Crippen molar-refractivity contribution in [3.05, 3.63) is 77.2 Å². The topological polar surface area (TPSA) is 95.5 Å². The molecule has 196 valence electrons. The Labute approximate surface area is 224 Å². The van der Waals surface area contributed by atoms with Crippen molar-refractivity contribution < 1.29 is 14.6 Å². The lowest BCUT2D eigenvalue weighted by molar-refractivity contribution is -0.133. The van der Waals surface area contributed by atoms with Crippen LogP contribution in [-0.2, 0) is 21.2 Å². The van der Waals surface area contributed by atoms with Gasteiger partial charge in [0.15, 0.2) is 0 Å². The number of aryl methyl sites for hydroxylation is 1. The molecule has 1 unspecified atom stereocenters. The van der Waals surface area contributed by atoms with Gasteiger partial charge in [-0.15, -0.1) is 0 Å². The third-order valence-corrected chi connectivity index (χ3v) is 8.92. The lowest BCUT2D eigenvalue weighted by Crippen LogP contribution is -2.50. The van der Waals surface area contributed by atoms with Crippen molar-refractivity contribution in [1.82, 2.24) is 14.9 Å². The summed E-state index contributed by atoms with van der Waals surface area (Å²) in [6.45, 7) is 4.22. The number of carbonyl (C=O) groups excluding carboxylic acids is 1. The monoisotopic (exact) mass is 541 g/mol. The first-order valence-corrected chi connectivity index (χ1v) is 14.4. The number of nitrogens with zero attached hydrogens (tertiary/aromatic N) is 4. The van der Waals surface area contributed by atoms with Crippen LogP contribution in [0.4, 0.5) is 11.5 Å². The van der Waals surface area contributed by atoms with Gasteiger partial charge in [-0.05, 0) is 86.1 Å². The van der Waals surface area contributed by atoms with Crippen LogP contribution in [0, 0.1) is 0 Å². The molecule has 0 aliphatic carbocycles. The number of anilines is 2. The maximum Gasteiger partial charge on any atom is 0.263 e. The molecule has 0 bridgehead atoms. The Morgan fingerprint density at radius 2 is 1.86 bits per heavy atom. The van der Waals surface area contributed by atoms with Crippen LogP contribution in [0.2, 0.25) is 5.02 Å². The highest BCUT2D eigenvalue weighted by atomic mass is 35.5. The summed E-state index contributed by atoms with van der Waals surface area (Å²) in [6.07, 6.45) is 6.45. The molecule has 37 heavy (non-hydrogen) atoms. The van der Waals surface area contributed by atoms with E-state index in [1.165, 1.54) is 24.2 Å². The van der Waals surface area contributed by atoms with Crippen molar-refractivity contribution in [1.29, 1.82) is 0 Å². The van der Waals surface area contributed by atoms with E-state index in [1.807, 2.05) is 42.2 Å². The van der Waals surface area contributed by atoms with Crippen LogP contribution in [0.1, 0.15) is 44.7 Å². The number of likely N-dealkylation sites (tertiary alicyclic amines) is 1. The standard InChI is InChI=1S/C27H30ClN5O3S.H2/c1-19(33-14-2-3-22-17-23(28)6-9-25(22)33)27(34)32-15-11-21(12-16-32)20-4-7-24(8-5-20)37(35,36)31-26-10-13-29-18-30-26;/h4-10,13,17-19,21H,2-3,11-12,14-16H2,1H3,(H,29,30,31);1H. The Bertz CT molecular complexity index is 1370. The van der Waals surface area contributed by atoms with Crippen LogP contribution in [0.25, 0.3) is 0 Å². The first-order chi connectivity index (χ1) is 17.8. The van der Waals surface area contributed by atoms with Gasteiger partial charge >= 0.3 is 0 Å². The van der Waals surface area contributed by atoms with E-state index in [2.05, 4.69) is 19.6 Å². The second-order valence-corrected chi connectivity index (χ2v) is 11.7. The Kier molecular flexibility index (Phi) is 7.35. The van der Waals surface area contributed by atoms with E-state index in [1.54, 1.807) is 12.1 Å². The van der Waals surface area contributed by atoms with Crippen molar-refractivity contribution in [3.63, 3.8) is 0 Å². The summed E-state index contributed by atoms with van der Waals surface area (Å²) in [6, 6.07) is 14.2. The molecular formula is C27H32ClN5O3S. The number of rotatable bonds is 6. The van der Waals surface area contributed by atoms with Crippen LogP contribution in [-0.4, -0.2) is 54.9 Å². The van der Waals surface area contributed by atoms with Crippen molar-refractivity contribution in [2.24, 2.45) is 0 Å². The number of piperidine rings is 1. The van der Waals surface area contributed by atoms with Crippen molar-refractivity contribution >= 4 is 39.0 Å². The number of carbonyl (C=O) groups is 1. The minimum Gasteiger partial charge on any atom is -0.360 e. The predicted molar refractivity (Wildman–Crippen MR) is 147 cm³/mol. The Hall–Kier alpha value is -3.17. The number of sulfonamides is 1. The number of amides is 1. The largest absolute Gasteiger partial charge is 0.360 e. The van der Waals surface area contributed by atoms with E-state index in [4.69, 9.17) is 11.6 Å². The van der Waals surface area contributed by atoms with E-state index in [9.17, 15) is 13.2 Å². The number of hydrogen-bond acceptors (Lipinski definition) is 6. The van der Waals surface area contributed by atoms with E-state index in [-0.39, 0.29) is 30.0 Å².